The zero-order chi connectivity index (χ0) is 11.5. The molecule has 0 saturated heterocycles. The van der Waals surface area contributed by atoms with Gasteiger partial charge in [-0.25, -0.2) is 0 Å². The predicted octanol–water partition coefficient (Wildman–Crippen LogP) is 2.79. The van der Waals surface area contributed by atoms with Crippen LogP contribution in [0.4, 0.5) is 5.69 Å². The van der Waals surface area contributed by atoms with Crippen molar-refractivity contribution in [2.75, 3.05) is 5.73 Å². The van der Waals surface area contributed by atoms with Crippen molar-refractivity contribution in [3.05, 3.63) is 29.8 Å². The summed E-state index contributed by atoms with van der Waals surface area (Å²) in [6.45, 7) is 9.85. The second kappa shape index (κ2) is 4.67. The molecule has 1 aromatic rings. The smallest absolute Gasteiger partial charge is 0.0314 e. The van der Waals surface area contributed by atoms with E-state index in [2.05, 4.69) is 45.1 Å². The Kier molecular flexibility index (Phi) is 3.75. The lowest BCUT2D eigenvalue weighted by Crippen LogP contribution is -2.37. The summed E-state index contributed by atoms with van der Waals surface area (Å²) in [6.07, 6.45) is 0. The summed E-state index contributed by atoms with van der Waals surface area (Å²) in [5.41, 5.74) is 8.03. The van der Waals surface area contributed by atoms with Gasteiger partial charge in [-0.15, -0.1) is 0 Å². The van der Waals surface area contributed by atoms with Gasteiger partial charge in [0.05, 0.1) is 0 Å². The predicted molar refractivity (Wildman–Crippen MR) is 66.6 cm³/mol. The lowest BCUT2D eigenvalue weighted by molar-refractivity contribution is 0.285. The molecule has 3 N–H and O–H groups in total. The maximum atomic E-state index is 5.63. The minimum absolute atomic E-state index is 0.299. The lowest BCUT2D eigenvalue weighted by atomic mass is 9.88. The Hall–Kier alpha value is -1.02. The molecule has 15 heavy (non-hydrogen) atoms. The van der Waals surface area contributed by atoms with Crippen LogP contribution < -0.4 is 11.1 Å². The fraction of sp³-hybridized carbons (Fsp3) is 0.538. The molecule has 0 bridgehead atoms. The van der Waals surface area contributed by atoms with E-state index in [0.717, 1.165) is 12.2 Å². The molecule has 0 saturated carbocycles. The number of hydrogen-bond donors (Lipinski definition) is 2. The molecule has 0 heterocycles. The van der Waals surface area contributed by atoms with Crippen molar-refractivity contribution in [3.8, 4) is 0 Å². The maximum absolute atomic E-state index is 5.63. The number of nitrogens with one attached hydrogen (secondary N) is 1. The fourth-order valence-corrected chi connectivity index (χ4v) is 1.21. The quantitative estimate of drug-likeness (QED) is 0.746. The molecular formula is C13H22N2. The highest BCUT2D eigenvalue weighted by Crippen LogP contribution is 2.18. The molecule has 1 rings (SSSR count). The van der Waals surface area contributed by atoms with E-state index in [4.69, 9.17) is 5.73 Å². The summed E-state index contributed by atoms with van der Waals surface area (Å²) < 4.78 is 0. The van der Waals surface area contributed by atoms with E-state index < -0.39 is 0 Å². The second-order valence-electron chi connectivity index (χ2n) is 5.21. The van der Waals surface area contributed by atoms with Crippen LogP contribution in [0.2, 0.25) is 0 Å². The van der Waals surface area contributed by atoms with Crippen molar-refractivity contribution in [1.29, 1.82) is 0 Å². The standard InChI is InChI=1S/C13H22N2/c1-10(13(2,3)4)15-9-11-5-7-12(14)8-6-11/h5-8,10,15H,9,14H2,1-4H3/t10-/m0/s1. The monoisotopic (exact) mass is 206 g/mol. The molecule has 84 valence electrons. The number of hydrogen-bond acceptors (Lipinski definition) is 2. The summed E-state index contributed by atoms with van der Waals surface area (Å²) in [6, 6.07) is 8.52. The number of nitrogens with two attached hydrogens (primary N) is 1. The molecule has 0 amide bonds. The molecule has 0 aromatic heterocycles. The third-order valence-corrected chi connectivity index (χ3v) is 2.89. The van der Waals surface area contributed by atoms with Gasteiger partial charge in [0.2, 0.25) is 0 Å². The van der Waals surface area contributed by atoms with E-state index in [1.165, 1.54) is 5.56 Å². The number of rotatable bonds is 3. The number of anilines is 1. The highest BCUT2D eigenvalue weighted by Gasteiger charge is 2.18. The van der Waals surface area contributed by atoms with Gasteiger partial charge in [-0.1, -0.05) is 32.9 Å². The van der Waals surface area contributed by atoms with Gasteiger partial charge in [-0.2, -0.15) is 0 Å². The summed E-state index contributed by atoms with van der Waals surface area (Å²) in [7, 11) is 0. The molecule has 2 heteroatoms. The van der Waals surface area contributed by atoms with E-state index in [0.29, 0.717) is 11.5 Å². The maximum Gasteiger partial charge on any atom is 0.0314 e. The molecule has 2 nitrogen and oxygen atoms in total. The van der Waals surface area contributed by atoms with Gasteiger partial charge in [0, 0.05) is 18.3 Å². The van der Waals surface area contributed by atoms with E-state index in [9.17, 15) is 0 Å². The summed E-state index contributed by atoms with van der Waals surface area (Å²) in [4.78, 5) is 0. The van der Waals surface area contributed by atoms with Crippen LogP contribution in [0.5, 0.6) is 0 Å². The van der Waals surface area contributed by atoms with E-state index in [-0.39, 0.29) is 0 Å². The molecular weight excluding hydrogens is 184 g/mol. The highest BCUT2D eigenvalue weighted by molar-refractivity contribution is 5.39. The van der Waals surface area contributed by atoms with Gasteiger partial charge in [0.25, 0.3) is 0 Å². The van der Waals surface area contributed by atoms with E-state index >= 15 is 0 Å². The molecule has 0 aliphatic heterocycles. The van der Waals surface area contributed by atoms with Crippen LogP contribution in [0.15, 0.2) is 24.3 Å². The molecule has 1 atom stereocenters. The molecule has 0 unspecified atom stereocenters. The summed E-state index contributed by atoms with van der Waals surface area (Å²) >= 11 is 0. The first-order valence-corrected chi connectivity index (χ1v) is 5.47. The van der Waals surface area contributed by atoms with Crippen LogP contribution in [0.25, 0.3) is 0 Å². The van der Waals surface area contributed by atoms with Crippen molar-refractivity contribution < 1.29 is 0 Å². The van der Waals surface area contributed by atoms with Crippen LogP contribution in [0, 0.1) is 5.41 Å². The average Bonchev–Trinajstić information content (AvgIpc) is 2.15. The van der Waals surface area contributed by atoms with Gasteiger partial charge < -0.3 is 11.1 Å². The SMILES string of the molecule is C[C@H](NCc1ccc(N)cc1)C(C)(C)C. The van der Waals surface area contributed by atoms with Gasteiger partial charge in [0.1, 0.15) is 0 Å². The van der Waals surface area contributed by atoms with Crippen LogP contribution in [0.3, 0.4) is 0 Å². The Morgan fingerprint density at radius 2 is 1.73 bits per heavy atom. The molecule has 0 aliphatic rings. The molecule has 0 radical (unpaired) electrons. The van der Waals surface area contributed by atoms with Crippen LogP contribution >= 0.6 is 0 Å². The topological polar surface area (TPSA) is 38.0 Å². The molecule has 1 aromatic carbocycles. The van der Waals surface area contributed by atoms with Crippen LogP contribution in [-0.4, -0.2) is 6.04 Å². The van der Waals surface area contributed by atoms with E-state index in [1.54, 1.807) is 0 Å². The zero-order valence-electron chi connectivity index (χ0n) is 10.2. The van der Waals surface area contributed by atoms with Crippen molar-refractivity contribution in [3.63, 3.8) is 0 Å². The first-order chi connectivity index (χ1) is 6.89. The summed E-state index contributed by atoms with van der Waals surface area (Å²) in [5, 5.41) is 3.52. The Morgan fingerprint density at radius 1 is 1.20 bits per heavy atom. The molecule has 0 fully saturated rings. The first-order valence-electron chi connectivity index (χ1n) is 5.47. The van der Waals surface area contributed by atoms with Gasteiger partial charge in [-0.3, -0.25) is 0 Å². The Bertz CT molecular complexity index is 295. The van der Waals surface area contributed by atoms with Crippen LogP contribution in [-0.2, 0) is 6.54 Å². The minimum Gasteiger partial charge on any atom is -0.399 e. The van der Waals surface area contributed by atoms with E-state index in [1.807, 2.05) is 12.1 Å². The molecule has 0 spiro atoms. The molecule has 0 aliphatic carbocycles. The fourth-order valence-electron chi connectivity index (χ4n) is 1.21. The van der Waals surface area contributed by atoms with Gasteiger partial charge in [-0.05, 0) is 30.0 Å². The number of benzene rings is 1. The van der Waals surface area contributed by atoms with Crippen LogP contribution in [0.1, 0.15) is 33.3 Å². The third kappa shape index (κ3) is 3.92. The highest BCUT2D eigenvalue weighted by atomic mass is 14.9. The normalized spacial score (nSPS) is 13.9. The van der Waals surface area contributed by atoms with Crippen molar-refractivity contribution in [2.45, 2.75) is 40.3 Å². The summed E-state index contributed by atoms with van der Waals surface area (Å²) in [5.74, 6) is 0. The van der Waals surface area contributed by atoms with Gasteiger partial charge >= 0.3 is 0 Å². The lowest BCUT2D eigenvalue weighted by Gasteiger charge is -2.28. The van der Waals surface area contributed by atoms with Crippen molar-refractivity contribution >= 4 is 5.69 Å². The van der Waals surface area contributed by atoms with Gasteiger partial charge in [0.15, 0.2) is 0 Å². The average molecular weight is 206 g/mol. The zero-order valence-corrected chi connectivity index (χ0v) is 10.2. The third-order valence-electron chi connectivity index (χ3n) is 2.89. The number of nitrogen functional groups attached to an aromatic ring is 1. The minimum atomic E-state index is 0.299. The van der Waals surface area contributed by atoms with Crippen molar-refractivity contribution in [1.82, 2.24) is 5.32 Å². The first kappa shape index (κ1) is 12.1. The van der Waals surface area contributed by atoms with Crippen molar-refractivity contribution in [2.24, 2.45) is 5.41 Å². The Morgan fingerprint density at radius 3 is 2.20 bits per heavy atom. The Balaban J connectivity index is 2.47. The largest absolute Gasteiger partial charge is 0.399 e. The second-order valence-corrected chi connectivity index (χ2v) is 5.21. The Labute approximate surface area is 92.9 Å².